The predicted molar refractivity (Wildman–Crippen MR) is 127 cm³/mol. The van der Waals surface area contributed by atoms with Crippen molar-refractivity contribution in [2.45, 2.75) is 31.2 Å². The van der Waals surface area contributed by atoms with E-state index in [0.717, 1.165) is 49.1 Å². The summed E-state index contributed by atoms with van der Waals surface area (Å²) in [6, 6.07) is 7.46. The van der Waals surface area contributed by atoms with Gasteiger partial charge in [0.2, 0.25) is 0 Å². The SMILES string of the molecule is Fc1cccc(F)c1Nc1cc(-c2nc(N[C@H]3CCNC3)c3c(C4CC4)cncc3n2)ccn1. The first kappa shape index (κ1) is 20.9. The smallest absolute Gasteiger partial charge is 0.162 e. The average molecular weight is 460 g/mol. The maximum atomic E-state index is 14.1. The number of aromatic nitrogens is 4. The summed E-state index contributed by atoms with van der Waals surface area (Å²) in [7, 11) is 0. The van der Waals surface area contributed by atoms with E-state index in [0.29, 0.717) is 23.1 Å². The van der Waals surface area contributed by atoms with Crippen LogP contribution in [-0.2, 0) is 0 Å². The third-order valence-corrected chi connectivity index (χ3v) is 6.29. The van der Waals surface area contributed by atoms with Crippen molar-refractivity contribution >= 4 is 28.2 Å². The van der Waals surface area contributed by atoms with Gasteiger partial charge in [-0.15, -0.1) is 0 Å². The van der Waals surface area contributed by atoms with Gasteiger partial charge in [-0.05, 0) is 61.6 Å². The van der Waals surface area contributed by atoms with Crippen molar-refractivity contribution in [3.05, 3.63) is 66.1 Å². The normalized spacial score (nSPS) is 17.8. The molecule has 3 N–H and O–H groups in total. The molecule has 2 fully saturated rings. The van der Waals surface area contributed by atoms with Gasteiger partial charge < -0.3 is 16.0 Å². The molecule has 2 aliphatic rings. The van der Waals surface area contributed by atoms with Crippen LogP contribution in [0.2, 0.25) is 0 Å². The van der Waals surface area contributed by atoms with E-state index in [1.165, 1.54) is 23.8 Å². The van der Waals surface area contributed by atoms with Crippen LogP contribution in [0.5, 0.6) is 0 Å². The van der Waals surface area contributed by atoms with E-state index in [1.807, 2.05) is 6.20 Å². The zero-order valence-corrected chi connectivity index (χ0v) is 18.4. The highest BCUT2D eigenvalue weighted by molar-refractivity contribution is 5.93. The van der Waals surface area contributed by atoms with E-state index in [4.69, 9.17) is 9.97 Å². The quantitative estimate of drug-likeness (QED) is 0.383. The number of para-hydroxylation sites is 1. The molecule has 0 bridgehead atoms. The number of pyridine rings is 2. The molecule has 0 amide bonds. The molecule has 7 nitrogen and oxygen atoms in total. The molecule has 3 aromatic heterocycles. The van der Waals surface area contributed by atoms with Crippen LogP contribution in [-0.4, -0.2) is 39.1 Å². The van der Waals surface area contributed by atoms with Gasteiger partial charge >= 0.3 is 0 Å². The minimum atomic E-state index is -0.690. The van der Waals surface area contributed by atoms with E-state index in [-0.39, 0.29) is 11.7 Å². The molecule has 1 atom stereocenters. The predicted octanol–water partition coefficient (Wildman–Crippen LogP) is 4.76. The summed E-state index contributed by atoms with van der Waals surface area (Å²) in [5.41, 5.74) is 2.39. The highest BCUT2D eigenvalue weighted by Gasteiger charge is 2.28. The summed E-state index contributed by atoms with van der Waals surface area (Å²) in [6.07, 6.45) is 8.58. The van der Waals surface area contributed by atoms with E-state index in [1.54, 1.807) is 24.5 Å². The molecule has 1 aliphatic carbocycles. The lowest BCUT2D eigenvalue weighted by Gasteiger charge is -2.17. The Hall–Kier alpha value is -3.72. The fourth-order valence-corrected chi connectivity index (χ4v) is 4.40. The summed E-state index contributed by atoms with van der Waals surface area (Å²) in [6.45, 7) is 1.85. The number of nitrogens with zero attached hydrogens (tertiary/aromatic N) is 4. The Morgan fingerprint density at radius 2 is 1.85 bits per heavy atom. The molecule has 1 saturated carbocycles. The topological polar surface area (TPSA) is 87.7 Å². The summed E-state index contributed by atoms with van der Waals surface area (Å²) in [4.78, 5) is 18.4. The van der Waals surface area contributed by atoms with Crippen LogP contribution in [0.3, 0.4) is 0 Å². The lowest BCUT2D eigenvalue weighted by molar-refractivity contribution is 0.590. The number of nitrogens with one attached hydrogen (secondary N) is 3. The van der Waals surface area contributed by atoms with Crippen molar-refractivity contribution in [1.29, 1.82) is 0 Å². The maximum absolute atomic E-state index is 14.1. The van der Waals surface area contributed by atoms with E-state index >= 15 is 0 Å². The van der Waals surface area contributed by atoms with E-state index < -0.39 is 11.6 Å². The van der Waals surface area contributed by atoms with Crippen LogP contribution in [0.1, 0.15) is 30.7 Å². The molecule has 9 heteroatoms. The monoisotopic (exact) mass is 459 g/mol. The summed E-state index contributed by atoms with van der Waals surface area (Å²) < 4.78 is 28.2. The Kier molecular flexibility index (Phi) is 5.26. The van der Waals surface area contributed by atoms with Gasteiger partial charge in [-0.3, -0.25) is 4.98 Å². The minimum absolute atomic E-state index is 0.249. The first-order valence-electron chi connectivity index (χ1n) is 11.5. The Morgan fingerprint density at radius 3 is 2.62 bits per heavy atom. The van der Waals surface area contributed by atoms with E-state index in [9.17, 15) is 8.78 Å². The van der Waals surface area contributed by atoms with Crippen molar-refractivity contribution in [2.75, 3.05) is 23.7 Å². The molecule has 0 unspecified atom stereocenters. The number of hydrogen-bond donors (Lipinski definition) is 3. The number of rotatable bonds is 6. The highest BCUT2D eigenvalue weighted by atomic mass is 19.1. The summed E-state index contributed by atoms with van der Waals surface area (Å²) >= 11 is 0. The van der Waals surface area contributed by atoms with Gasteiger partial charge in [0.15, 0.2) is 5.82 Å². The number of anilines is 3. The molecular weight excluding hydrogens is 436 g/mol. The van der Waals surface area contributed by atoms with Gasteiger partial charge in [-0.2, -0.15) is 0 Å². The van der Waals surface area contributed by atoms with Gasteiger partial charge in [0.05, 0.1) is 11.7 Å². The van der Waals surface area contributed by atoms with Gasteiger partial charge in [0.25, 0.3) is 0 Å². The van der Waals surface area contributed by atoms with Gasteiger partial charge in [-0.1, -0.05) is 6.07 Å². The Morgan fingerprint density at radius 1 is 1.00 bits per heavy atom. The zero-order valence-electron chi connectivity index (χ0n) is 18.4. The second-order valence-electron chi connectivity index (χ2n) is 8.78. The Bertz CT molecular complexity index is 1350. The van der Waals surface area contributed by atoms with Crippen molar-refractivity contribution < 1.29 is 8.78 Å². The van der Waals surface area contributed by atoms with Crippen molar-refractivity contribution in [3.8, 4) is 11.4 Å². The Balaban J connectivity index is 1.42. The van der Waals surface area contributed by atoms with Crippen LogP contribution >= 0.6 is 0 Å². The lowest BCUT2D eigenvalue weighted by Crippen LogP contribution is -2.23. The lowest BCUT2D eigenvalue weighted by atomic mass is 10.1. The van der Waals surface area contributed by atoms with Crippen LogP contribution < -0.4 is 16.0 Å². The fraction of sp³-hybridized carbons (Fsp3) is 0.280. The number of halogens is 2. The van der Waals surface area contributed by atoms with Gasteiger partial charge in [-0.25, -0.2) is 23.7 Å². The van der Waals surface area contributed by atoms with Crippen LogP contribution in [0.25, 0.3) is 22.3 Å². The van der Waals surface area contributed by atoms with Crippen LogP contribution in [0.4, 0.5) is 26.1 Å². The first-order valence-corrected chi connectivity index (χ1v) is 11.5. The standard InChI is InChI=1S/C25H23F2N7/c26-18-2-1-3-19(27)23(18)33-21-10-15(6-9-30-21)24-32-20-13-29-12-17(14-4-5-14)22(20)25(34-24)31-16-7-8-28-11-16/h1-3,6,9-10,12-14,16,28H,4-5,7-8,11H2,(H,30,33)(H,31,32,34)/t16-/m0/s1. The molecule has 4 aromatic rings. The van der Waals surface area contributed by atoms with Crippen LogP contribution in [0, 0.1) is 11.6 Å². The molecule has 1 aromatic carbocycles. The first-order chi connectivity index (χ1) is 16.7. The highest BCUT2D eigenvalue weighted by Crippen LogP contribution is 2.44. The molecule has 4 heterocycles. The molecule has 0 radical (unpaired) electrons. The van der Waals surface area contributed by atoms with Gasteiger partial charge in [0, 0.05) is 35.9 Å². The molecular formula is C25H23F2N7. The summed E-state index contributed by atoms with van der Waals surface area (Å²) in [5, 5.41) is 10.8. The van der Waals surface area contributed by atoms with Crippen molar-refractivity contribution in [2.24, 2.45) is 0 Å². The summed E-state index contributed by atoms with van der Waals surface area (Å²) in [5.74, 6) is 0.707. The van der Waals surface area contributed by atoms with Gasteiger partial charge in [0.1, 0.15) is 29.0 Å². The van der Waals surface area contributed by atoms with Crippen LogP contribution in [0.15, 0.2) is 48.9 Å². The zero-order chi connectivity index (χ0) is 23.1. The maximum Gasteiger partial charge on any atom is 0.162 e. The second-order valence-corrected chi connectivity index (χ2v) is 8.78. The molecule has 1 aliphatic heterocycles. The molecule has 1 saturated heterocycles. The Labute approximate surface area is 195 Å². The van der Waals surface area contributed by atoms with E-state index in [2.05, 4.69) is 25.9 Å². The third-order valence-electron chi connectivity index (χ3n) is 6.29. The molecule has 6 rings (SSSR count). The van der Waals surface area contributed by atoms with Crippen molar-refractivity contribution in [3.63, 3.8) is 0 Å². The second kappa shape index (κ2) is 8.57. The molecule has 172 valence electrons. The largest absolute Gasteiger partial charge is 0.365 e. The average Bonchev–Trinajstić information content (AvgIpc) is 3.57. The van der Waals surface area contributed by atoms with Crippen molar-refractivity contribution in [1.82, 2.24) is 25.3 Å². The number of benzene rings is 1. The molecule has 34 heavy (non-hydrogen) atoms. The molecule has 0 spiro atoms. The fourth-order valence-electron chi connectivity index (χ4n) is 4.40. The number of fused-ring (bicyclic) bond motifs is 1. The minimum Gasteiger partial charge on any atom is -0.365 e. The number of hydrogen-bond acceptors (Lipinski definition) is 7. The third kappa shape index (κ3) is 4.03.